The zero-order valence-corrected chi connectivity index (χ0v) is 23.4. The largest absolute Gasteiger partial charge is 0.479 e. The molecule has 2 fully saturated rings. The molecule has 11 heteroatoms. The van der Waals surface area contributed by atoms with Crippen LogP contribution < -0.4 is 4.90 Å². The number of benzene rings is 1. The second-order valence-corrected chi connectivity index (χ2v) is 11.5. The maximum Gasteiger partial charge on any atom is 0.332 e. The van der Waals surface area contributed by atoms with Crippen molar-refractivity contribution in [2.45, 2.75) is 70.7 Å². The van der Waals surface area contributed by atoms with Gasteiger partial charge in [0.1, 0.15) is 11.3 Å². The van der Waals surface area contributed by atoms with Crippen LogP contribution in [0.2, 0.25) is 10.0 Å². The number of carboxylic acids is 1. The van der Waals surface area contributed by atoms with E-state index in [-0.39, 0.29) is 18.5 Å². The van der Waals surface area contributed by atoms with E-state index in [0.29, 0.717) is 22.0 Å². The maximum atomic E-state index is 11.2. The summed E-state index contributed by atoms with van der Waals surface area (Å²) >= 11 is 12.6. The van der Waals surface area contributed by atoms with Crippen LogP contribution in [0.5, 0.6) is 0 Å². The van der Waals surface area contributed by atoms with Crippen molar-refractivity contribution in [3.63, 3.8) is 0 Å². The van der Waals surface area contributed by atoms with Crippen LogP contribution in [0.15, 0.2) is 24.4 Å². The fourth-order valence-corrected chi connectivity index (χ4v) is 6.74. The molecule has 0 saturated carbocycles. The lowest BCUT2D eigenvalue weighted by atomic mass is 9.91. The first-order valence-corrected chi connectivity index (χ1v) is 14.0. The number of likely N-dealkylation sites (tertiary alicyclic amines) is 1. The minimum atomic E-state index is -1.31. The normalized spacial score (nSPS) is 24.2. The van der Waals surface area contributed by atoms with E-state index in [1.165, 1.54) is 0 Å². The number of aromatic nitrogens is 4. The molecule has 2 N–H and O–H groups in total. The van der Waals surface area contributed by atoms with E-state index in [9.17, 15) is 9.90 Å². The predicted octanol–water partition coefficient (Wildman–Crippen LogP) is 4.57. The minimum absolute atomic E-state index is 0.106. The van der Waals surface area contributed by atoms with E-state index >= 15 is 0 Å². The van der Waals surface area contributed by atoms with Crippen LogP contribution in [0.1, 0.15) is 56.8 Å². The second kappa shape index (κ2) is 11.0. The first-order chi connectivity index (χ1) is 18.1. The Morgan fingerprint density at radius 1 is 1.24 bits per heavy atom. The summed E-state index contributed by atoms with van der Waals surface area (Å²) < 4.78 is 1.88. The summed E-state index contributed by atoms with van der Waals surface area (Å²) in [6.45, 7) is 8.81. The van der Waals surface area contributed by atoms with Crippen molar-refractivity contribution in [1.82, 2.24) is 24.6 Å². The van der Waals surface area contributed by atoms with E-state index in [2.05, 4.69) is 16.7 Å². The molecule has 0 amide bonds. The molecule has 5 rings (SSSR count). The van der Waals surface area contributed by atoms with Crippen molar-refractivity contribution in [2.24, 2.45) is 5.92 Å². The molecule has 0 aliphatic carbocycles. The van der Waals surface area contributed by atoms with Gasteiger partial charge >= 0.3 is 5.97 Å². The number of aliphatic hydroxyl groups excluding tert-OH is 1. The van der Waals surface area contributed by atoms with Gasteiger partial charge in [0.15, 0.2) is 11.8 Å². The number of aliphatic hydroxyl groups is 1. The van der Waals surface area contributed by atoms with Gasteiger partial charge in [0.25, 0.3) is 0 Å². The SMILES string of the molecule is Cc1nn(C(C)c2ccc(Cl)cc2Cl)c2nc(N3CCC(N4CCCC4CC(O)C(=O)O)C(C)C3)cnc12. The predicted molar refractivity (Wildman–Crippen MR) is 148 cm³/mol. The second-order valence-electron chi connectivity index (χ2n) is 10.7. The Morgan fingerprint density at radius 3 is 2.74 bits per heavy atom. The number of nitrogens with zero attached hydrogens (tertiary/aromatic N) is 6. The van der Waals surface area contributed by atoms with Crippen LogP contribution in [0.25, 0.3) is 11.2 Å². The van der Waals surface area contributed by atoms with Crippen LogP contribution in [0.4, 0.5) is 5.82 Å². The van der Waals surface area contributed by atoms with Gasteiger partial charge in [-0.2, -0.15) is 5.10 Å². The third kappa shape index (κ3) is 5.21. The lowest BCUT2D eigenvalue weighted by molar-refractivity contribution is -0.147. The highest BCUT2D eigenvalue weighted by molar-refractivity contribution is 6.35. The Bertz CT molecular complexity index is 1330. The van der Waals surface area contributed by atoms with E-state index in [1.54, 1.807) is 6.07 Å². The van der Waals surface area contributed by atoms with Gasteiger partial charge in [0.2, 0.25) is 0 Å². The van der Waals surface area contributed by atoms with Crippen LogP contribution >= 0.6 is 23.2 Å². The number of aliphatic carboxylic acids is 1. The van der Waals surface area contributed by atoms with Crippen molar-refractivity contribution in [3.8, 4) is 0 Å². The number of carbonyl (C=O) groups is 1. The molecule has 0 spiro atoms. The topological polar surface area (TPSA) is 108 Å². The standard InChI is InChI=1S/C27H34Cl2N6O3/c1-15-14-33(10-8-22(15)34-9-4-5-19(34)12-23(36)27(37)38)24-13-30-25-16(2)32-35(26(25)31-24)17(3)20-7-6-18(28)11-21(20)29/h6-7,11,13,15,17,19,22-23,36H,4-5,8-10,12,14H2,1-3H3,(H,37,38). The molecule has 0 radical (unpaired) electrons. The lowest BCUT2D eigenvalue weighted by Crippen LogP contribution is -2.52. The number of fused-ring (bicyclic) bond motifs is 1. The Labute approximate surface area is 232 Å². The third-order valence-corrected chi connectivity index (χ3v) is 8.71. The van der Waals surface area contributed by atoms with Crippen molar-refractivity contribution >= 4 is 46.2 Å². The molecule has 2 aliphatic heterocycles. The average Bonchev–Trinajstić information content (AvgIpc) is 3.47. The van der Waals surface area contributed by atoms with Crippen molar-refractivity contribution in [1.29, 1.82) is 0 Å². The summed E-state index contributed by atoms with van der Waals surface area (Å²) in [5.41, 5.74) is 3.21. The Hall–Kier alpha value is -2.46. The fourth-order valence-electron chi connectivity index (χ4n) is 6.18. The average molecular weight is 562 g/mol. The molecule has 3 aromatic rings. The summed E-state index contributed by atoms with van der Waals surface area (Å²) in [6.07, 6.45) is 3.70. The number of halogens is 2. The van der Waals surface area contributed by atoms with Gasteiger partial charge in [0.05, 0.1) is 17.9 Å². The first-order valence-electron chi connectivity index (χ1n) is 13.2. The molecule has 2 saturated heterocycles. The number of hydrogen-bond acceptors (Lipinski definition) is 7. The van der Waals surface area contributed by atoms with Gasteiger partial charge in [-0.3, -0.25) is 4.90 Å². The molecular weight excluding hydrogens is 527 g/mol. The quantitative estimate of drug-likeness (QED) is 0.432. The van der Waals surface area contributed by atoms with Crippen LogP contribution in [-0.4, -0.2) is 78.7 Å². The van der Waals surface area contributed by atoms with Gasteiger partial charge in [-0.1, -0.05) is 36.2 Å². The van der Waals surface area contributed by atoms with E-state index in [1.807, 2.05) is 36.9 Å². The van der Waals surface area contributed by atoms with E-state index in [4.69, 9.17) is 43.4 Å². The fraction of sp³-hybridized carbons (Fsp3) is 0.556. The summed E-state index contributed by atoms with van der Waals surface area (Å²) in [5, 5.41) is 25.0. The van der Waals surface area contributed by atoms with Crippen molar-refractivity contribution in [2.75, 3.05) is 24.5 Å². The molecule has 204 valence electrons. The number of aryl methyl sites for hydroxylation is 1. The lowest BCUT2D eigenvalue weighted by Gasteiger charge is -2.44. The molecule has 38 heavy (non-hydrogen) atoms. The summed E-state index contributed by atoms with van der Waals surface area (Å²) in [4.78, 5) is 25.7. The Balaban J connectivity index is 1.35. The van der Waals surface area contributed by atoms with Gasteiger partial charge in [-0.15, -0.1) is 0 Å². The molecule has 2 aliphatic rings. The summed E-state index contributed by atoms with van der Waals surface area (Å²) in [5.74, 6) is 0.0238. The summed E-state index contributed by atoms with van der Waals surface area (Å²) in [6, 6.07) is 5.78. The smallest absolute Gasteiger partial charge is 0.332 e. The van der Waals surface area contributed by atoms with Crippen LogP contribution in [0.3, 0.4) is 0 Å². The molecule has 0 bridgehead atoms. The molecule has 4 heterocycles. The minimum Gasteiger partial charge on any atom is -0.479 e. The van der Waals surface area contributed by atoms with Crippen molar-refractivity contribution < 1.29 is 15.0 Å². The highest BCUT2D eigenvalue weighted by Crippen LogP contribution is 2.34. The zero-order valence-electron chi connectivity index (χ0n) is 21.9. The van der Waals surface area contributed by atoms with E-state index < -0.39 is 12.1 Å². The number of anilines is 1. The number of piperidine rings is 1. The zero-order chi connectivity index (χ0) is 27.1. The molecule has 5 atom stereocenters. The molecular formula is C27H34Cl2N6O3. The Morgan fingerprint density at radius 2 is 2.03 bits per heavy atom. The first kappa shape index (κ1) is 27.1. The van der Waals surface area contributed by atoms with Gasteiger partial charge < -0.3 is 15.1 Å². The maximum absolute atomic E-state index is 11.2. The summed E-state index contributed by atoms with van der Waals surface area (Å²) in [7, 11) is 0. The number of rotatable bonds is 7. The Kier molecular flexibility index (Phi) is 7.82. The number of hydrogen-bond donors (Lipinski definition) is 2. The van der Waals surface area contributed by atoms with Gasteiger partial charge in [0, 0.05) is 35.2 Å². The molecule has 2 aromatic heterocycles. The molecule has 9 nitrogen and oxygen atoms in total. The molecule has 5 unspecified atom stereocenters. The van der Waals surface area contributed by atoms with Crippen LogP contribution in [0, 0.1) is 12.8 Å². The van der Waals surface area contributed by atoms with Gasteiger partial charge in [-0.25, -0.2) is 19.4 Å². The number of carboxylic acid groups (broad SMARTS) is 1. The monoisotopic (exact) mass is 560 g/mol. The van der Waals surface area contributed by atoms with Gasteiger partial charge in [-0.05, 0) is 69.7 Å². The van der Waals surface area contributed by atoms with Crippen LogP contribution in [-0.2, 0) is 4.79 Å². The highest BCUT2D eigenvalue weighted by atomic mass is 35.5. The van der Waals surface area contributed by atoms with E-state index in [0.717, 1.165) is 67.1 Å². The molecule has 1 aromatic carbocycles. The third-order valence-electron chi connectivity index (χ3n) is 8.15. The highest BCUT2D eigenvalue weighted by Gasteiger charge is 2.38. The van der Waals surface area contributed by atoms with Crippen molar-refractivity contribution in [3.05, 3.63) is 45.7 Å².